The quantitative estimate of drug-likeness (QED) is 0.495. The minimum Gasteiger partial charge on any atom is -0.393 e. The minimum atomic E-state index is -0.992. The van der Waals surface area contributed by atoms with E-state index in [1.165, 1.54) is 0 Å². The van der Waals surface area contributed by atoms with E-state index >= 15 is 0 Å². The van der Waals surface area contributed by atoms with Gasteiger partial charge in [0.2, 0.25) is 0 Å². The van der Waals surface area contributed by atoms with Crippen LogP contribution in [0.25, 0.3) is 0 Å². The van der Waals surface area contributed by atoms with E-state index in [1.807, 2.05) is 0 Å². The summed E-state index contributed by atoms with van der Waals surface area (Å²) in [6.07, 6.45) is 0.0407. The highest BCUT2D eigenvalue weighted by molar-refractivity contribution is 4.81. The smallest absolute Gasteiger partial charge is 0.118 e. The normalized spacial score (nSPS) is 45.0. The third-order valence-electron chi connectivity index (χ3n) is 1.80. The van der Waals surface area contributed by atoms with E-state index in [0.717, 1.165) is 0 Å². The van der Waals surface area contributed by atoms with Crippen molar-refractivity contribution in [3.63, 3.8) is 0 Å². The summed E-state index contributed by atoms with van der Waals surface area (Å²) in [6, 6.07) is -0.339. The molecular weight excluding hydrogens is 121 g/mol. The lowest BCUT2D eigenvalue weighted by Gasteiger charge is -2.25. The predicted molar refractivity (Wildman–Crippen MR) is 32.7 cm³/mol. The van der Waals surface area contributed by atoms with Crippen molar-refractivity contribution in [2.75, 3.05) is 0 Å². The molecule has 0 aromatic heterocycles. The van der Waals surface area contributed by atoms with Crippen molar-refractivity contribution in [3.8, 4) is 0 Å². The number of aliphatic hydroxyl groups excluding tert-OH is 1. The Balaban J connectivity index is 2.35. The number of hydrogen-bond donors (Lipinski definition) is 2. The van der Waals surface area contributed by atoms with Gasteiger partial charge in [0.25, 0.3) is 0 Å². The lowest BCUT2D eigenvalue weighted by Crippen LogP contribution is -2.39. The molecule has 0 unspecified atom stereocenters. The van der Waals surface area contributed by atoms with Crippen LogP contribution >= 0.6 is 0 Å². The second-order valence-electron chi connectivity index (χ2n) is 2.65. The zero-order valence-electron chi connectivity index (χ0n) is 5.26. The average Bonchev–Trinajstić information content (AvgIpc) is 1.80. The third-order valence-corrected chi connectivity index (χ3v) is 1.80. The molecule has 0 aromatic rings. The van der Waals surface area contributed by atoms with Gasteiger partial charge in [-0.3, -0.25) is 0 Å². The van der Waals surface area contributed by atoms with Gasteiger partial charge >= 0.3 is 0 Å². The van der Waals surface area contributed by atoms with Gasteiger partial charge < -0.3 is 10.8 Å². The summed E-state index contributed by atoms with van der Waals surface area (Å²) < 4.78 is 12.5. The molecule has 1 aliphatic rings. The zero-order valence-corrected chi connectivity index (χ0v) is 5.26. The van der Waals surface area contributed by atoms with Gasteiger partial charge in [0.05, 0.1) is 6.10 Å². The van der Waals surface area contributed by atoms with Gasteiger partial charge in [0, 0.05) is 12.5 Å². The van der Waals surface area contributed by atoms with Crippen LogP contribution in [0.15, 0.2) is 0 Å². The summed E-state index contributed by atoms with van der Waals surface area (Å²) >= 11 is 0. The number of rotatable bonds is 0. The molecule has 2 nitrogen and oxygen atoms in total. The molecule has 0 saturated heterocycles. The molecule has 0 aromatic carbocycles. The van der Waals surface area contributed by atoms with Crippen molar-refractivity contribution >= 4 is 0 Å². The fraction of sp³-hybridized carbons (Fsp3) is 1.00. The Kier molecular flexibility index (Phi) is 2.03. The first kappa shape index (κ1) is 6.96. The lowest BCUT2D eigenvalue weighted by molar-refractivity contribution is 0.0721. The van der Waals surface area contributed by atoms with Crippen molar-refractivity contribution in [1.29, 1.82) is 0 Å². The molecule has 9 heavy (non-hydrogen) atoms. The third kappa shape index (κ3) is 1.63. The number of aliphatic hydroxyl groups is 1. The van der Waals surface area contributed by atoms with Crippen LogP contribution in [-0.2, 0) is 0 Å². The summed E-state index contributed by atoms with van der Waals surface area (Å²) in [4.78, 5) is 0. The topological polar surface area (TPSA) is 46.2 Å². The van der Waals surface area contributed by atoms with E-state index in [0.29, 0.717) is 12.8 Å². The van der Waals surface area contributed by atoms with E-state index in [-0.39, 0.29) is 12.5 Å². The molecular formula is C6H12FNO. The van der Waals surface area contributed by atoms with Gasteiger partial charge in [-0.15, -0.1) is 0 Å². The maximum Gasteiger partial charge on any atom is 0.118 e. The molecule has 0 radical (unpaired) electrons. The van der Waals surface area contributed by atoms with Gasteiger partial charge in [-0.05, 0) is 12.8 Å². The van der Waals surface area contributed by atoms with Crippen molar-refractivity contribution < 1.29 is 9.50 Å². The first-order chi connectivity index (χ1) is 4.20. The van der Waals surface area contributed by atoms with Gasteiger partial charge in [0.1, 0.15) is 6.17 Å². The molecule has 0 amide bonds. The van der Waals surface area contributed by atoms with Gasteiger partial charge in [-0.2, -0.15) is 0 Å². The molecule has 1 rings (SSSR count). The fourth-order valence-electron chi connectivity index (χ4n) is 1.12. The summed E-state index contributed by atoms with van der Waals surface area (Å²) in [5.74, 6) is 0. The van der Waals surface area contributed by atoms with Crippen LogP contribution in [0, 0.1) is 0 Å². The van der Waals surface area contributed by atoms with E-state index in [1.54, 1.807) is 0 Å². The lowest BCUT2D eigenvalue weighted by atomic mass is 9.92. The molecule has 3 atom stereocenters. The molecule has 0 bridgehead atoms. The summed E-state index contributed by atoms with van der Waals surface area (Å²) in [5, 5.41) is 8.90. The summed E-state index contributed by atoms with van der Waals surface area (Å²) in [5.41, 5.74) is 5.35. The Bertz CT molecular complexity index is 99.1. The highest BCUT2D eigenvalue weighted by Crippen LogP contribution is 2.19. The van der Waals surface area contributed by atoms with Gasteiger partial charge in [0.15, 0.2) is 0 Å². The van der Waals surface area contributed by atoms with Crippen LogP contribution in [0.4, 0.5) is 4.39 Å². The molecule has 1 saturated carbocycles. The van der Waals surface area contributed by atoms with Crippen LogP contribution in [0.1, 0.15) is 19.3 Å². The predicted octanol–water partition coefficient (Wildman–Crippen LogP) is 0.197. The van der Waals surface area contributed by atoms with Gasteiger partial charge in [-0.25, -0.2) is 4.39 Å². The second kappa shape index (κ2) is 2.62. The summed E-state index contributed by atoms with van der Waals surface area (Å²) in [6.45, 7) is 0. The minimum absolute atomic E-state index is 0.223. The Morgan fingerprint density at radius 2 is 2.11 bits per heavy atom. The number of hydrogen-bond acceptors (Lipinski definition) is 2. The van der Waals surface area contributed by atoms with Crippen molar-refractivity contribution in [3.05, 3.63) is 0 Å². The molecule has 1 aliphatic carbocycles. The van der Waals surface area contributed by atoms with Crippen LogP contribution in [-0.4, -0.2) is 23.4 Å². The largest absolute Gasteiger partial charge is 0.393 e. The Morgan fingerprint density at radius 1 is 1.44 bits per heavy atom. The summed E-state index contributed by atoms with van der Waals surface area (Å²) in [7, 11) is 0. The molecule has 0 heterocycles. The van der Waals surface area contributed by atoms with Crippen molar-refractivity contribution in [2.45, 2.75) is 37.6 Å². The van der Waals surface area contributed by atoms with Crippen LogP contribution < -0.4 is 5.73 Å². The van der Waals surface area contributed by atoms with Crippen molar-refractivity contribution in [1.82, 2.24) is 0 Å². The highest BCUT2D eigenvalue weighted by atomic mass is 19.1. The first-order valence-corrected chi connectivity index (χ1v) is 3.28. The highest BCUT2D eigenvalue weighted by Gasteiger charge is 2.26. The Morgan fingerprint density at radius 3 is 2.56 bits per heavy atom. The number of nitrogens with two attached hydrogens (primary N) is 1. The Hall–Kier alpha value is -0.150. The monoisotopic (exact) mass is 133 g/mol. The van der Waals surface area contributed by atoms with Gasteiger partial charge in [-0.1, -0.05) is 0 Å². The van der Waals surface area contributed by atoms with E-state index in [2.05, 4.69) is 0 Å². The molecule has 54 valence electrons. The number of alkyl halides is 1. The van der Waals surface area contributed by atoms with E-state index in [4.69, 9.17) is 10.8 Å². The Labute approximate surface area is 53.9 Å². The zero-order chi connectivity index (χ0) is 6.85. The van der Waals surface area contributed by atoms with Crippen LogP contribution in [0.3, 0.4) is 0 Å². The van der Waals surface area contributed by atoms with Crippen molar-refractivity contribution in [2.24, 2.45) is 5.73 Å². The molecule has 0 spiro atoms. The van der Waals surface area contributed by atoms with Crippen LogP contribution in [0.5, 0.6) is 0 Å². The van der Waals surface area contributed by atoms with Crippen LogP contribution in [0.2, 0.25) is 0 Å². The standard InChI is InChI=1S/C6H12FNO/c7-5-3-4(9)1-2-6(5)8/h4-6,9H,1-3,8H2/t4-,5-,6-/m1/s1. The number of halogens is 1. The second-order valence-corrected chi connectivity index (χ2v) is 2.65. The molecule has 3 heteroatoms. The molecule has 0 aliphatic heterocycles. The maximum atomic E-state index is 12.5. The molecule has 1 fully saturated rings. The van der Waals surface area contributed by atoms with E-state index < -0.39 is 12.3 Å². The maximum absolute atomic E-state index is 12.5. The SMILES string of the molecule is N[C@@H]1CC[C@@H](O)C[C@H]1F. The average molecular weight is 133 g/mol. The van der Waals surface area contributed by atoms with E-state index in [9.17, 15) is 4.39 Å². The molecule has 3 N–H and O–H groups in total. The fourth-order valence-corrected chi connectivity index (χ4v) is 1.12. The first-order valence-electron chi connectivity index (χ1n) is 3.28.